The van der Waals surface area contributed by atoms with E-state index in [1.165, 1.54) is 12.1 Å². The first-order valence-electron chi connectivity index (χ1n) is 6.36. The van der Waals surface area contributed by atoms with Gasteiger partial charge in [-0.1, -0.05) is 25.1 Å². The standard InChI is InChI=1S/C13H19F3N2O2/c1-2-8-19-9-7-11(18-17)10-5-3-4-6-12(10)20-13(14,15)16/h3-6,11,18H,2,7-9,17H2,1H3. The predicted octanol–water partition coefficient (Wildman–Crippen LogP) is 2.91. The summed E-state index contributed by atoms with van der Waals surface area (Å²) in [5.41, 5.74) is 2.85. The van der Waals surface area contributed by atoms with Gasteiger partial charge in [0.05, 0.1) is 6.04 Å². The minimum absolute atomic E-state index is 0.251. The molecule has 4 nitrogen and oxygen atoms in total. The summed E-state index contributed by atoms with van der Waals surface area (Å²) in [6, 6.07) is 5.46. The lowest BCUT2D eigenvalue weighted by molar-refractivity contribution is -0.275. The van der Waals surface area contributed by atoms with Crippen molar-refractivity contribution in [2.24, 2.45) is 5.84 Å². The number of nitrogens with one attached hydrogen (secondary N) is 1. The molecule has 0 aliphatic carbocycles. The molecule has 0 saturated carbocycles. The molecule has 114 valence electrons. The van der Waals surface area contributed by atoms with E-state index >= 15 is 0 Å². The average molecular weight is 292 g/mol. The second-order valence-electron chi connectivity index (χ2n) is 4.21. The van der Waals surface area contributed by atoms with Crippen LogP contribution in [-0.2, 0) is 4.74 Å². The number of benzene rings is 1. The third kappa shape index (κ3) is 5.77. The molecule has 0 saturated heterocycles. The molecule has 0 radical (unpaired) electrons. The van der Waals surface area contributed by atoms with Crippen molar-refractivity contribution in [1.29, 1.82) is 0 Å². The Morgan fingerprint density at radius 2 is 1.95 bits per heavy atom. The van der Waals surface area contributed by atoms with Crippen LogP contribution in [0.5, 0.6) is 5.75 Å². The fourth-order valence-corrected chi connectivity index (χ4v) is 1.76. The van der Waals surface area contributed by atoms with Gasteiger partial charge in [-0.05, 0) is 18.9 Å². The monoisotopic (exact) mass is 292 g/mol. The second kappa shape index (κ2) is 8.08. The van der Waals surface area contributed by atoms with Crippen LogP contribution < -0.4 is 16.0 Å². The summed E-state index contributed by atoms with van der Waals surface area (Å²) in [4.78, 5) is 0. The number of alkyl halides is 3. The predicted molar refractivity (Wildman–Crippen MR) is 68.9 cm³/mol. The van der Waals surface area contributed by atoms with Crippen molar-refractivity contribution in [3.05, 3.63) is 29.8 Å². The first-order chi connectivity index (χ1) is 9.48. The second-order valence-corrected chi connectivity index (χ2v) is 4.21. The average Bonchev–Trinajstić information content (AvgIpc) is 2.38. The molecule has 0 amide bonds. The Kier molecular flexibility index (Phi) is 6.77. The van der Waals surface area contributed by atoms with Gasteiger partial charge in [-0.25, -0.2) is 0 Å². The number of hydrogen-bond acceptors (Lipinski definition) is 4. The van der Waals surface area contributed by atoms with Crippen LogP contribution in [0.2, 0.25) is 0 Å². The van der Waals surface area contributed by atoms with Gasteiger partial charge >= 0.3 is 6.36 Å². The zero-order valence-electron chi connectivity index (χ0n) is 11.2. The van der Waals surface area contributed by atoms with E-state index < -0.39 is 12.4 Å². The van der Waals surface area contributed by atoms with Crippen molar-refractivity contribution in [3.63, 3.8) is 0 Å². The van der Waals surface area contributed by atoms with E-state index in [0.29, 0.717) is 25.2 Å². The Bertz CT molecular complexity index is 399. The summed E-state index contributed by atoms with van der Waals surface area (Å²) >= 11 is 0. The zero-order chi connectivity index (χ0) is 15.0. The fraction of sp³-hybridized carbons (Fsp3) is 0.538. The Morgan fingerprint density at radius 1 is 1.25 bits per heavy atom. The lowest BCUT2D eigenvalue weighted by Crippen LogP contribution is -2.30. The number of hydrogen-bond donors (Lipinski definition) is 2. The van der Waals surface area contributed by atoms with E-state index in [1.54, 1.807) is 12.1 Å². The van der Waals surface area contributed by atoms with E-state index in [4.69, 9.17) is 10.6 Å². The van der Waals surface area contributed by atoms with Crippen molar-refractivity contribution < 1.29 is 22.6 Å². The fourth-order valence-electron chi connectivity index (χ4n) is 1.76. The van der Waals surface area contributed by atoms with Gasteiger partial charge in [0.2, 0.25) is 0 Å². The number of nitrogens with two attached hydrogens (primary N) is 1. The van der Waals surface area contributed by atoms with Crippen molar-refractivity contribution in [2.45, 2.75) is 32.2 Å². The van der Waals surface area contributed by atoms with E-state index in [0.717, 1.165) is 6.42 Å². The maximum absolute atomic E-state index is 12.3. The Balaban J connectivity index is 2.75. The summed E-state index contributed by atoms with van der Waals surface area (Å²) in [6.45, 7) is 2.99. The molecule has 0 spiro atoms. The van der Waals surface area contributed by atoms with Gasteiger partial charge in [0.25, 0.3) is 0 Å². The van der Waals surface area contributed by atoms with Gasteiger partial charge in [0.15, 0.2) is 0 Å². The number of para-hydroxylation sites is 1. The minimum Gasteiger partial charge on any atom is -0.405 e. The molecule has 0 fully saturated rings. The summed E-state index contributed by atoms with van der Waals surface area (Å²) in [5, 5.41) is 0. The minimum atomic E-state index is -4.73. The maximum atomic E-state index is 12.3. The summed E-state index contributed by atoms with van der Waals surface area (Å²) in [5.74, 6) is 5.16. The topological polar surface area (TPSA) is 56.5 Å². The van der Waals surface area contributed by atoms with E-state index in [2.05, 4.69) is 10.2 Å². The molecule has 0 aromatic heterocycles. The molecule has 7 heteroatoms. The molecule has 1 unspecified atom stereocenters. The molecule has 1 rings (SSSR count). The summed E-state index contributed by atoms with van der Waals surface area (Å²) in [6.07, 6.45) is -3.39. The number of ether oxygens (including phenoxy) is 2. The molecule has 0 bridgehead atoms. The maximum Gasteiger partial charge on any atom is 0.573 e. The normalized spacial score (nSPS) is 13.2. The van der Waals surface area contributed by atoms with E-state index in [1.807, 2.05) is 6.92 Å². The van der Waals surface area contributed by atoms with Gasteiger partial charge in [-0.15, -0.1) is 13.2 Å². The van der Waals surface area contributed by atoms with E-state index in [-0.39, 0.29) is 5.75 Å². The highest BCUT2D eigenvalue weighted by Gasteiger charge is 2.32. The van der Waals surface area contributed by atoms with Crippen LogP contribution in [0.15, 0.2) is 24.3 Å². The molecule has 1 aromatic carbocycles. The Labute approximate surface area is 116 Å². The third-order valence-electron chi connectivity index (χ3n) is 2.62. The van der Waals surface area contributed by atoms with Crippen molar-refractivity contribution in [2.75, 3.05) is 13.2 Å². The van der Waals surface area contributed by atoms with Crippen LogP contribution >= 0.6 is 0 Å². The first-order valence-corrected chi connectivity index (χ1v) is 6.36. The highest BCUT2D eigenvalue weighted by Crippen LogP contribution is 2.31. The number of rotatable bonds is 8. The van der Waals surface area contributed by atoms with Crippen LogP contribution in [-0.4, -0.2) is 19.6 Å². The molecular weight excluding hydrogens is 273 g/mol. The van der Waals surface area contributed by atoms with Gasteiger partial charge in [0.1, 0.15) is 5.75 Å². The van der Waals surface area contributed by atoms with Gasteiger partial charge in [-0.3, -0.25) is 11.3 Å². The molecule has 0 aliphatic rings. The van der Waals surface area contributed by atoms with Crippen molar-refractivity contribution in [3.8, 4) is 5.75 Å². The molecule has 1 atom stereocenters. The lowest BCUT2D eigenvalue weighted by Gasteiger charge is -2.20. The molecule has 1 aromatic rings. The largest absolute Gasteiger partial charge is 0.573 e. The lowest BCUT2D eigenvalue weighted by atomic mass is 10.0. The SMILES string of the molecule is CCCOCCC(NN)c1ccccc1OC(F)(F)F. The zero-order valence-corrected chi connectivity index (χ0v) is 11.2. The van der Waals surface area contributed by atoms with Crippen LogP contribution in [0.1, 0.15) is 31.4 Å². The highest BCUT2D eigenvalue weighted by atomic mass is 19.4. The molecule has 0 aliphatic heterocycles. The van der Waals surface area contributed by atoms with Crippen LogP contribution in [0.4, 0.5) is 13.2 Å². The Morgan fingerprint density at radius 3 is 2.55 bits per heavy atom. The van der Waals surface area contributed by atoms with Crippen LogP contribution in [0, 0.1) is 0 Å². The van der Waals surface area contributed by atoms with Crippen molar-refractivity contribution in [1.82, 2.24) is 5.43 Å². The first kappa shape index (κ1) is 16.7. The summed E-state index contributed by atoms with van der Waals surface area (Å²) < 4.78 is 46.4. The Hall–Kier alpha value is -1.31. The molecule has 3 N–H and O–H groups in total. The molecule has 20 heavy (non-hydrogen) atoms. The van der Waals surface area contributed by atoms with E-state index in [9.17, 15) is 13.2 Å². The molecular formula is C13H19F3N2O2. The quantitative estimate of drug-likeness (QED) is 0.439. The van der Waals surface area contributed by atoms with Gasteiger partial charge in [-0.2, -0.15) is 0 Å². The van der Waals surface area contributed by atoms with Crippen LogP contribution in [0.25, 0.3) is 0 Å². The highest BCUT2D eigenvalue weighted by molar-refractivity contribution is 5.36. The summed E-state index contributed by atoms with van der Waals surface area (Å²) in [7, 11) is 0. The van der Waals surface area contributed by atoms with Crippen molar-refractivity contribution >= 4 is 0 Å². The van der Waals surface area contributed by atoms with Gasteiger partial charge < -0.3 is 9.47 Å². The molecule has 0 heterocycles. The third-order valence-corrected chi connectivity index (χ3v) is 2.62. The number of halogens is 3. The van der Waals surface area contributed by atoms with Gasteiger partial charge in [0, 0.05) is 18.8 Å². The smallest absolute Gasteiger partial charge is 0.405 e. The number of hydrazine groups is 1. The van der Waals surface area contributed by atoms with Crippen LogP contribution in [0.3, 0.4) is 0 Å².